The molecule has 1 aromatic carbocycles. The van der Waals surface area contributed by atoms with Crippen LogP contribution in [0.4, 0.5) is 5.82 Å². The quantitative estimate of drug-likeness (QED) is 0.906. The van der Waals surface area contributed by atoms with Crippen molar-refractivity contribution < 1.29 is 9.47 Å². The molecule has 5 nitrogen and oxygen atoms in total. The zero-order valence-corrected chi connectivity index (χ0v) is 12.0. The SMILES string of the molecule is CCCc1nc(N)cc(Oc2ccc(C)cc2OC)n1. The van der Waals surface area contributed by atoms with Gasteiger partial charge in [-0.2, -0.15) is 4.98 Å². The highest BCUT2D eigenvalue weighted by Crippen LogP contribution is 2.31. The number of anilines is 1. The molecular weight excluding hydrogens is 254 g/mol. The van der Waals surface area contributed by atoms with Gasteiger partial charge in [-0.15, -0.1) is 0 Å². The monoisotopic (exact) mass is 273 g/mol. The molecular formula is C15H19N3O2. The predicted octanol–water partition coefficient (Wildman–Crippen LogP) is 3.12. The van der Waals surface area contributed by atoms with Crippen molar-refractivity contribution in [2.24, 2.45) is 0 Å². The molecule has 0 atom stereocenters. The van der Waals surface area contributed by atoms with Crippen molar-refractivity contribution in [1.82, 2.24) is 9.97 Å². The molecule has 0 amide bonds. The van der Waals surface area contributed by atoms with Crippen LogP contribution < -0.4 is 15.2 Å². The zero-order valence-electron chi connectivity index (χ0n) is 12.0. The lowest BCUT2D eigenvalue weighted by Crippen LogP contribution is -2.01. The van der Waals surface area contributed by atoms with Crippen LogP contribution in [0, 0.1) is 6.92 Å². The number of rotatable bonds is 5. The van der Waals surface area contributed by atoms with Crippen molar-refractivity contribution in [2.45, 2.75) is 26.7 Å². The lowest BCUT2D eigenvalue weighted by molar-refractivity contribution is 0.373. The van der Waals surface area contributed by atoms with E-state index in [-0.39, 0.29) is 0 Å². The standard InChI is InChI=1S/C15H19N3O2/c1-4-5-14-17-13(16)9-15(18-14)20-11-7-6-10(2)8-12(11)19-3/h6-9H,4-5H2,1-3H3,(H2,16,17,18). The highest BCUT2D eigenvalue weighted by molar-refractivity contribution is 5.45. The number of nitrogens with zero attached hydrogens (tertiary/aromatic N) is 2. The normalized spacial score (nSPS) is 10.3. The third-order valence-corrected chi connectivity index (χ3v) is 2.78. The molecule has 2 rings (SSSR count). The summed E-state index contributed by atoms with van der Waals surface area (Å²) in [4.78, 5) is 8.52. The number of hydrogen-bond donors (Lipinski definition) is 1. The van der Waals surface area contributed by atoms with Crippen LogP contribution in [-0.2, 0) is 6.42 Å². The molecule has 0 aliphatic rings. The first-order valence-corrected chi connectivity index (χ1v) is 6.58. The molecule has 2 N–H and O–H groups in total. The summed E-state index contributed by atoms with van der Waals surface area (Å²) in [6.45, 7) is 4.06. The summed E-state index contributed by atoms with van der Waals surface area (Å²) in [6, 6.07) is 7.33. The fourth-order valence-electron chi connectivity index (χ4n) is 1.85. The minimum absolute atomic E-state index is 0.407. The van der Waals surface area contributed by atoms with Gasteiger partial charge in [0.1, 0.15) is 11.6 Å². The topological polar surface area (TPSA) is 70.3 Å². The van der Waals surface area contributed by atoms with Gasteiger partial charge < -0.3 is 15.2 Å². The summed E-state index contributed by atoms with van der Waals surface area (Å²) >= 11 is 0. The highest BCUT2D eigenvalue weighted by atomic mass is 16.5. The molecule has 20 heavy (non-hydrogen) atoms. The van der Waals surface area contributed by atoms with Crippen LogP contribution in [-0.4, -0.2) is 17.1 Å². The Hall–Kier alpha value is -2.30. The number of nitrogen functional groups attached to an aromatic ring is 1. The number of nitrogens with two attached hydrogens (primary N) is 1. The van der Waals surface area contributed by atoms with E-state index in [2.05, 4.69) is 16.9 Å². The van der Waals surface area contributed by atoms with Crippen molar-refractivity contribution >= 4 is 5.82 Å². The molecule has 0 bridgehead atoms. The van der Waals surface area contributed by atoms with E-state index >= 15 is 0 Å². The van der Waals surface area contributed by atoms with Crippen LogP contribution in [0.25, 0.3) is 0 Å². The van der Waals surface area contributed by atoms with E-state index in [4.69, 9.17) is 15.2 Å². The first-order valence-electron chi connectivity index (χ1n) is 6.58. The van der Waals surface area contributed by atoms with Crippen molar-refractivity contribution in [3.63, 3.8) is 0 Å². The molecule has 2 aromatic rings. The number of aryl methyl sites for hydroxylation is 2. The maximum atomic E-state index is 5.78. The number of benzene rings is 1. The van der Waals surface area contributed by atoms with Gasteiger partial charge in [-0.1, -0.05) is 13.0 Å². The largest absolute Gasteiger partial charge is 0.493 e. The second-order valence-electron chi connectivity index (χ2n) is 4.55. The minimum Gasteiger partial charge on any atom is -0.493 e. The molecule has 0 saturated heterocycles. The average molecular weight is 273 g/mol. The van der Waals surface area contributed by atoms with E-state index in [1.165, 1.54) is 0 Å². The summed E-state index contributed by atoms with van der Waals surface area (Å²) < 4.78 is 11.1. The van der Waals surface area contributed by atoms with Crippen LogP contribution in [0.3, 0.4) is 0 Å². The van der Waals surface area contributed by atoms with Crippen LogP contribution in [0.2, 0.25) is 0 Å². The molecule has 0 unspecified atom stereocenters. The van der Waals surface area contributed by atoms with Crippen LogP contribution >= 0.6 is 0 Å². The van der Waals surface area contributed by atoms with Crippen LogP contribution in [0.15, 0.2) is 24.3 Å². The smallest absolute Gasteiger partial charge is 0.224 e. The second kappa shape index (κ2) is 6.23. The van der Waals surface area contributed by atoms with Crippen LogP contribution in [0.5, 0.6) is 17.4 Å². The number of hydrogen-bond acceptors (Lipinski definition) is 5. The van der Waals surface area contributed by atoms with Crippen molar-refractivity contribution in [1.29, 1.82) is 0 Å². The van der Waals surface area contributed by atoms with E-state index in [0.29, 0.717) is 29.0 Å². The Morgan fingerprint density at radius 1 is 1.15 bits per heavy atom. The molecule has 1 heterocycles. The van der Waals surface area contributed by atoms with Gasteiger partial charge in [0, 0.05) is 12.5 Å². The Balaban J connectivity index is 2.29. The van der Waals surface area contributed by atoms with E-state index < -0.39 is 0 Å². The Labute approximate surface area is 118 Å². The third kappa shape index (κ3) is 3.38. The van der Waals surface area contributed by atoms with E-state index in [1.807, 2.05) is 25.1 Å². The predicted molar refractivity (Wildman–Crippen MR) is 78.2 cm³/mol. The lowest BCUT2D eigenvalue weighted by atomic mass is 10.2. The summed E-state index contributed by atoms with van der Waals surface area (Å²) in [7, 11) is 1.61. The van der Waals surface area contributed by atoms with E-state index in [1.54, 1.807) is 13.2 Å². The molecule has 0 saturated carbocycles. The van der Waals surface area contributed by atoms with E-state index in [9.17, 15) is 0 Å². The van der Waals surface area contributed by atoms with E-state index in [0.717, 1.165) is 18.4 Å². The summed E-state index contributed by atoms with van der Waals surface area (Å²) in [5, 5.41) is 0. The fraction of sp³-hybridized carbons (Fsp3) is 0.333. The Bertz CT molecular complexity index is 600. The lowest BCUT2D eigenvalue weighted by Gasteiger charge is -2.11. The molecule has 0 aliphatic carbocycles. The zero-order chi connectivity index (χ0) is 14.5. The number of methoxy groups -OCH3 is 1. The Morgan fingerprint density at radius 3 is 2.65 bits per heavy atom. The van der Waals surface area contributed by atoms with Crippen molar-refractivity contribution in [3.8, 4) is 17.4 Å². The van der Waals surface area contributed by atoms with Crippen molar-refractivity contribution in [3.05, 3.63) is 35.7 Å². The maximum absolute atomic E-state index is 5.78. The Kier molecular flexibility index (Phi) is 4.40. The molecule has 1 aromatic heterocycles. The molecule has 5 heteroatoms. The average Bonchev–Trinajstić information content (AvgIpc) is 2.40. The molecule has 0 radical (unpaired) electrons. The summed E-state index contributed by atoms with van der Waals surface area (Å²) in [5.74, 6) is 2.80. The number of aromatic nitrogens is 2. The molecule has 106 valence electrons. The first-order chi connectivity index (χ1) is 9.62. The van der Waals surface area contributed by atoms with Gasteiger partial charge in [-0.3, -0.25) is 0 Å². The van der Waals surface area contributed by atoms with Gasteiger partial charge in [0.25, 0.3) is 0 Å². The second-order valence-corrected chi connectivity index (χ2v) is 4.55. The third-order valence-electron chi connectivity index (χ3n) is 2.78. The first kappa shape index (κ1) is 14.1. The van der Waals surface area contributed by atoms with Gasteiger partial charge >= 0.3 is 0 Å². The summed E-state index contributed by atoms with van der Waals surface area (Å²) in [5.41, 5.74) is 6.88. The van der Waals surface area contributed by atoms with Gasteiger partial charge in [0.2, 0.25) is 5.88 Å². The number of ether oxygens (including phenoxy) is 2. The molecule has 0 spiro atoms. The van der Waals surface area contributed by atoms with Crippen molar-refractivity contribution in [2.75, 3.05) is 12.8 Å². The van der Waals surface area contributed by atoms with Crippen LogP contribution in [0.1, 0.15) is 24.7 Å². The fourth-order valence-corrected chi connectivity index (χ4v) is 1.85. The molecule has 0 fully saturated rings. The summed E-state index contributed by atoms with van der Waals surface area (Å²) in [6.07, 6.45) is 1.73. The highest BCUT2D eigenvalue weighted by Gasteiger charge is 2.09. The van der Waals surface area contributed by atoms with Gasteiger partial charge in [0.05, 0.1) is 7.11 Å². The Morgan fingerprint density at radius 2 is 1.95 bits per heavy atom. The maximum Gasteiger partial charge on any atom is 0.224 e. The molecule has 0 aliphatic heterocycles. The van der Waals surface area contributed by atoms with Gasteiger partial charge in [0.15, 0.2) is 11.5 Å². The van der Waals surface area contributed by atoms with Gasteiger partial charge in [-0.25, -0.2) is 4.98 Å². The minimum atomic E-state index is 0.407. The van der Waals surface area contributed by atoms with Gasteiger partial charge in [-0.05, 0) is 31.0 Å².